The van der Waals surface area contributed by atoms with Gasteiger partial charge in [0.2, 0.25) is 0 Å². The first kappa shape index (κ1) is 14.9. The highest BCUT2D eigenvalue weighted by molar-refractivity contribution is 7.80. The van der Waals surface area contributed by atoms with Gasteiger partial charge >= 0.3 is 0 Å². The second-order valence-electron chi connectivity index (χ2n) is 4.97. The number of thiocarbonyl (C=S) groups is 1. The van der Waals surface area contributed by atoms with E-state index in [1.807, 2.05) is 25.1 Å². The number of pyridine rings is 1. The SMILES string of the molecule is C/C(=N/NC(=S)N1CCCN(C)CC1)c1ccccn1. The number of hydrogen-bond acceptors (Lipinski definition) is 4. The predicted octanol–water partition coefficient (Wildman–Crippen LogP) is 1.32. The van der Waals surface area contributed by atoms with Crippen LogP contribution in [0.2, 0.25) is 0 Å². The van der Waals surface area contributed by atoms with Gasteiger partial charge in [-0.15, -0.1) is 0 Å². The molecule has 6 heteroatoms. The zero-order chi connectivity index (χ0) is 14.4. The molecule has 0 saturated carbocycles. The fraction of sp³-hybridized carbons (Fsp3) is 0.500. The van der Waals surface area contributed by atoms with Crippen molar-refractivity contribution in [2.24, 2.45) is 5.10 Å². The van der Waals surface area contributed by atoms with E-state index in [1.54, 1.807) is 6.20 Å². The quantitative estimate of drug-likeness (QED) is 0.506. The normalized spacial score (nSPS) is 17.7. The van der Waals surface area contributed by atoms with Gasteiger partial charge in [-0.3, -0.25) is 10.4 Å². The summed E-state index contributed by atoms with van der Waals surface area (Å²) in [6, 6.07) is 5.78. The zero-order valence-electron chi connectivity index (χ0n) is 12.0. The number of rotatable bonds is 2. The Morgan fingerprint density at radius 2 is 2.15 bits per heavy atom. The van der Waals surface area contributed by atoms with Crippen LogP contribution in [0.15, 0.2) is 29.5 Å². The molecule has 0 aromatic carbocycles. The van der Waals surface area contributed by atoms with Crippen LogP contribution in [-0.4, -0.2) is 58.8 Å². The maximum atomic E-state index is 5.41. The van der Waals surface area contributed by atoms with E-state index in [9.17, 15) is 0 Å². The van der Waals surface area contributed by atoms with Crippen LogP contribution in [0, 0.1) is 0 Å². The molecular formula is C14H21N5S. The molecule has 1 aliphatic heterocycles. The molecule has 5 nitrogen and oxygen atoms in total. The van der Waals surface area contributed by atoms with Crippen molar-refractivity contribution in [1.29, 1.82) is 0 Å². The number of likely N-dealkylation sites (N-methyl/N-ethyl adjacent to an activating group) is 1. The first-order valence-electron chi connectivity index (χ1n) is 6.86. The highest BCUT2D eigenvalue weighted by atomic mass is 32.1. The van der Waals surface area contributed by atoms with Crippen molar-refractivity contribution in [2.75, 3.05) is 33.2 Å². The summed E-state index contributed by atoms with van der Waals surface area (Å²) in [6.45, 7) is 6.00. The lowest BCUT2D eigenvalue weighted by Crippen LogP contribution is -2.40. The summed E-state index contributed by atoms with van der Waals surface area (Å²) >= 11 is 5.41. The van der Waals surface area contributed by atoms with Crippen molar-refractivity contribution < 1.29 is 0 Å². The molecule has 0 aliphatic carbocycles. The van der Waals surface area contributed by atoms with Crippen LogP contribution in [0.25, 0.3) is 0 Å². The molecule has 2 heterocycles. The first-order chi connectivity index (χ1) is 9.66. The second-order valence-corrected chi connectivity index (χ2v) is 5.36. The topological polar surface area (TPSA) is 43.8 Å². The van der Waals surface area contributed by atoms with Gasteiger partial charge in [0.1, 0.15) is 0 Å². The summed E-state index contributed by atoms with van der Waals surface area (Å²) in [5.74, 6) is 0. The van der Waals surface area contributed by atoms with E-state index in [2.05, 4.69) is 32.4 Å². The van der Waals surface area contributed by atoms with Gasteiger partial charge in [-0.05, 0) is 51.3 Å². The Labute approximate surface area is 125 Å². The van der Waals surface area contributed by atoms with E-state index in [-0.39, 0.29) is 0 Å². The van der Waals surface area contributed by atoms with Crippen molar-refractivity contribution in [1.82, 2.24) is 20.2 Å². The Morgan fingerprint density at radius 1 is 1.30 bits per heavy atom. The molecule has 0 bridgehead atoms. The molecule has 1 aromatic rings. The van der Waals surface area contributed by atoms with E-state index in [1.165, 1.54) is 0 Å². The molecule has 0 radical (unpaired) electrons. The monoisotopic (exact) mass is 291 g/mol. The van der Waals surface area contributed by atoms with Gasteiger partial charge in [-0.25, -0.2) is 0 Å². The molecule has 1 N–H and O–H groups in total. The fourth-order valence-corrected chi connectivity index (χ4v) is 2.31. The smallest absolute Gasteiger partial charge is 0.189 e. The standard InChI is InChI=1S/C14H21N5S/c1-12(13-6-3-4-7-15-13)16-17-14(20)19-9-5-8-18(2)10-11-19/h3-4,6-7H,5,8-11H2,1-2H3,(H,17,20)/b16-12-. The predicted molar refractivity (Wildman–Crippen MR) is 85.9 cm³/mol. The second kappa shape index (κ2) is 7.31. The first-order valence-corrected chi connectivity index (χ1v) is 7.27. The average molecular weight is 291 g/mol. The Kier molecular flexibility index (Phi) is 5.43. The van der Waals surface area contributed by atoms with E-state index < -0.39 is 0 Å². The van der Waals surface area contributed by atoms with Crippen LogP contribution in [-0.2, 0) is 0 Å². The molecule has 0 spiro atoms. The minimum absolute atomic E-state index is 0.690. The van der Waals surface area contributed by atoms with Crippen molar-refractivity contribution in [3.8, 4) is 0 Å². The van der Waals surface area contributed by atoms with Crippen LogP contribution < -0.4 is 5.43 Å². The summed E-state index contributed by atoms with van der Waals surface area (Å²) in [4.78, 5) is 8.76. The number of hydrogen-bond donors (Lipinski definition) is 1. The molecular weight excluding hydrogens is 270 g/mol. The average Bonchev–Trinajstić information content (AvgIpc) is 2.70. The van der Waals surface area contributed by atoms with E-state index in [0.29, 0.717) is 5.11 Å². The molecule has 0 amide bonds. The minimum Gasteiger partial charge on any atom is -0.347 e. The number of nitrogens with zero attached hydrogens (tertiary/aromatic N) is 4. The minimum atomic E-state index is 0.690. The lowest BCUT2D eigenvalue weighted by atomic mass is 10.3. The number of hydrazone groups is 1. The number of aromatic nitrogens is 1. The Bertz CT molecular complexity index is 474. The molecule has 1 fully saturated rings. The molecule has 0 atom stereocenters. The third kappa shape index (κ3) is 4.25. The van der Waals surface area contributed by atoms with Crippen molar-refractivity contribution in [2.45, 2.75) is 13.3 Å². The fourth-order valence-electron chi connectivity index (χ4n) is 2.09. The largest absolute Gasteiger partial charge is 0.347 e. The van der Waals surface area contributed by atoms with Gasteiger partial charge in [0.25, 0.3) is 0 Å². The van der Waals surface area contributed by atoms with Crippen LogP contribution >= 0.6 is 12.2 Å². The third-order valence-corrected chi connectivity index (χ3v) is 3.71. The Hall–Kier alpha value is -1.53. The van der Waals surface area contributed by atoms with Crippen LogP contribution in [0.3, 0.4) is 0 Å². The van der Waals surface area contributed by atoms with Crippen LogP contribution in [0.4, 0.5) is 0 Å². The third-order valence-electron chi connectivity index (χ3n) is 3.36. The molecule has 0 unspecified atom stereocenters. The maximum Gasteiger partial charge on any atom is 0.189 e. The van der Waals surface area contributed by atoms with Crippen molar-refractivity contribution in [3.05, 3.63) is 30.1 Å². The highest BCUT2D eigenvalue weighted by Crippen LogP contribution is 2.02. The Balaban J connectivity index is 1.91. The molecule has 1 saturated heterocycles. The summed E-state index contributed by atoms with van der Waals surface area (Å²) in [6.07, 6.45) is 2.89. The molecule has 1 aromatic heterocycles. The zero-order valence-corrected chi connectivity index (χ0v) is 12.9. The van der Waals surface area contributed by atoms with Crippen molar-refractivity contribution >= 4 is 23.0 Å². The van der Waals surface area contributed by atoms with Gasteiger partial charge in [0.05, 0.1) is 11.4 Å². The highest BCUT2D eigenvalue weighted by Gasteiger charge is 2.14. The lowest BCUT2D eigenvalue weighted by molar-refractivity contribution is 0.345. The summed E-state index contributed by atoms with van der Waals surface area (Å²) in [7, 11) is 2.14. The van der Waals surface area contributed by atoms with E-state index in [4.69, 9.17) is 12.2 Å². The summed E-state index contributed by atoms with van der Waals surface area (Å²) in [5.41, 5.74) is 4.67. The molecule has 1 aliphatic rings. The number of nitrogens with one attached hydrogen (secondary N) is 1. The van der Waals surface area contributed by atoms with Gasteiger partial charge < -0.3 is 9.80 Å². The van der Waals surface area contributed by atoms with Gasteiger partial charge in [0.15, 0.2) is 5.11 Å². The Morgan fingerprint density at radius 3 is 2.90 bits per heavy atom. The van der Waals surface area contributed by atoms with E-state index in [0.717, 1.165) is 44.0 Å². The summed E-state index contributed by atoms with van der Waals surface area (Å²) < 4.78 is 0. The lowest BCUT2D eigenvalue weighted by Gasteiger charge is -2.22. The summed E-state index contributed by atoms with van der Waals surface area (Å²) in [5, 5.41) is 5.02. The van der Waals surface area contributed by atoms with Gasteiger partial charge in [0, 0.05) is 25.8 Å². The van der Waals surface area contributed by atoms with Crippen LogP contribution in [0.5, 0.6) is 0 Å². The molecule has 20 heavy (non-hydrogen) atoms. The van der Waals surface area contributed by atoms with Gasteiger partial charge in [-0.1, -0.05) is 6.07 Å². The van der Waals surface area contributed by atoms with Gasteiger partial charge in [-0.2, -0.15) is 5.10 Å². The molecule has 108 valence electrons. The van der Waals surface area contributed by atoms with E-state index >= 15 is 0 Å². The van der Waals surface area contributed by atoms with Crippen LogP contribution in [0.1, 0.15) is 19.0 Å². The molecule has 2 rings (SSSR count). The van der Waals surface area contributed by atoms with Crippen molar-refractivity contribution in [3.63, 3.8) is 0 Å². The maximum absolute atomic E-state index is 5.41.